The Kier molecular flexibility index (Phi) is 3.68. The highest BCUT2D eigenvalue weighted by Crippen LogP contribution is 2.21. The van der Waals surface area contributed by atoms with E-state index in [1.54, 1.807) is 18.2 Å². The number of nitrogens with zero attached hydrogens (tertiary/aromatic N) is 1. The van der Waals surface area contributed by atoms with Gasteiger partial charge in [-0.3, -0.25) is 14.9 Å². The van der Waals surface area contributed by atoms with Crippen molar-refractivity contribution in [1.29, 1.82) is 0 Å². The molecule has 0 aliphatic carbocycles. The van der Waals surface area contributed by atoms with Gasteiger partial charge in [0.05, 0.1) is 4.92 Å². The van der Waals surface area contributed by atoms with E-state index in [1.165, 1.54) is 36.4 Å². The lowest BCUT2D eigenvalue weighted by Gasteiger charge is -2.08. The molecule has 96 valence electrons. The molecule has 2 aromatic carbocycles. The van der Waals surface area contributed by atoms with E-state index >= 15 is 0 Å². The molecule has 0 amide bonds. The predicted molar refractivity (Wildman–Crippen MR) is 69.9 cm³/mol. The Labute approximate surface area is 108 Å². The SMILES string of the molecule is O=c1cccccc1C(O)c1ccc([N+](=O)[O-])cc1. The highest BCUT2D eigenvalue weighted by molar-refractivity contribution is 5.37. The lowest BCUT2D eigenvalue weighted by atomic mass is 10.0. The molecule has 0 aliphatic heterocycles. The first-order chi connectivity index (χ1) is 9.09. The van der Waals surface area contributed by atoms with E-state index in [0.717, 1.165) is 0 Å². The molecule has 1 N–H and O–H groups in total. The van der Waals surface area contributed by atoms with E-state index in [9.17, 15) is 20.0 Å². The molecule has 1 atom stereocenters. The predicted octanol–water partition coefficient (Wildman–Crippen LogP) is 2.04. The minimum atomic E-state index is -1.10. The van der Waals surface area contributed by atoms with Crippen LogP contribution in [0.2, 0.25) is 0 Å². The van der Waals surface area contributed by atoms with Crippen molar-refractivity contribution in [3.63, 3.8) is 0 Å². The molecule has 1 unspecified atom stereocenters. The maximum Gasteiger partial charge on any atom is 0.269 e. The molecule has 0 fully saturated rings. The number of hydrogen-bond donors (Lipinski definition) is 1. The fourth-order valence-corrected chi connectivity index (χ4v) is 1.73. The van der Waals surface area contributed by atoms with Gasteiger partial charge in [-0.05, 0) is 23.8 Å². The first-order valence-electron chi connectivity index (χ1n) is 5.61. The Bertz CT molecular complexity index is 652. The second-order valence-corrected chi connectivity index (χ2v) is 3.98. The van der Waals surface area contributed by atoms with Gasteiger partial charge in [0.1, 0.15) is 6.10 Å². The number of nitro groups is 1. The van der Waals surface area contributed by atoms with E-state index in [-0.39, 0.29) is 16.7 Å². The lowest BCUT2D eigenvalue weighted by molar-refractivity contribution is -0.384. The number of nitro benzene ring substituents is 1. The number of non-ortho nitro benzene ring substituents is 1. The Morgan fingerprint density at radius 3 is 2.26 bits per heavy atom. The maximum atomic E-state index is 11.7. The molecule has 5 nitrogen and oxygen atoms in total. The van der Waals surface area contributed by atoms with Crippen LogP contribution in [0.25, 0.3) is 0 Å². The van der Waals surface area contributed by atoms with Gasteiger partial charge in [0.15, 0.2) is 5.43 Å². The third-order valence-electron chi connectivity index (χ3n) is 2.74. The van der Waals surface area contributed by atoms with Gasteiger partial charge in [0.25, 0.3) is 5.69 Å². The summed E-state index contributed by atoms with van der Waals surface area (Å²) in [6.07, 6.45) is -1.10. The van der Waals surface area contributed by atoms with E-state index in [1.807, 2.05) is 0 Å². The van der Waals surface area contributed by atoms with Gasteiger partial charge in [-0.15, -0.1) is 0 Å². The minimum Gasteiger partial charge on any atom is -0.384 e. The summed E-state index contributed by atoms with van der Waals surface area (Å²) in [4.78, 5) is 21.8. The molecule has 0 radical (unpaired) electrons. The summed E-state index contributed by atoms with van der Waals surface area (Å²) in [5, 5.41) is 20.7. The molecule has 0 saturated carbocycles. The van der Waals surface area contributed by atoms with Crippen LogP contribution < -0.4 is 5.43 Å². The first kappa shape index (κ1) is 12.9. The van der Waals surface area contributed by atoms with Crippen LogP contribution in [0.5, 0.6) is 0 Å². The van der Waals surface area contributed by atoms with Crippen LogP contribution in [0.15, 0.2) is 59.4 Å². The topological polar surface area (TPSA) is 80.4 Å². The average Bonchev–Trinajstić information content (AvgIpc) is 2.63. The van der Waals surface area contributed by atoms with Gasteiger partial charge in [0, 0.05) is 17.7 Å². The van der Waals surface area contributed by atoms with Crippen LogP contribution in [-0.2, 0) is 0 Å². The van der Waals surface area contributed by atoms with Crippen molar-refractivity contribution in [2.75, 3.05) is 0 Å². The molecular formula is C14H11NO4. The lowest BCUT2D eigenvalue weighted by Crippen LogP contribution is -2.10. The molecule has 2 aromatic rings. The smallest absolute Gasteiger partial charge is 0.269 e. The second kappa shape index (κ2) is 5.41. The van der Waals surface area contributed by atoms with Gasteiger partial charge in [-0.1, -0.05) is 24.3 Å². The summed E-state index contributed by atoms with van der Waals surface area (Å²) < 4.78 is 0. The van der Waals surface area contributed by atoms with Gasteiger partial charge < -0.3 is 5.11 Å². The molecule has 0 spiro atoms. The Morgan fingerprint density at radius 1 is 1.00 bits per heavy atom. The van der Waals surface area contributed by atoms with Crippen molar-refractivity contribution in [3.8, 4) is 0 Å². The zero-order chi connectivity index (χ0) is 13.8. The molecule has 0 bridgehead atoms. The van der Waals surface area contributed by atoms with Crippen LogP contribution >= 0.6 is 0 Å². The largest absolute Gasteiger partial charge is 0.384 e. The summed E-state index contributed by atoms with van der Waals surface area (Å²) in [6.45, 7) is 0. The monoisotopic (exact) mass is 257 g/mol. The Balaban J connectivity index is 2.39. The molecule has 2 rings (SSSR count). The van der Waals surface area contributed by atoms with Crippen molar-refractivity contribution >= 4 is 5.69 Å². The van der Waals surface area contributed by atoms with Gasteiger partial charge in [0.2, 0.25) is 0 Å². The van der Waals surface area contributed by atoms with E-state index in [0.29, 0.717) is 5.56 Å². The fourth-order valence-electron chi connectivity index (χ4n) is 1.73. The van der Waals surface area contributed by atoms with Crippen LogP contribution in [0.3, 0.4) is 0 Å². The van der Waals surface area contributed by atoms with Crippen molar-refractivity contribution in [2.45, 2.75) is 6.10 Å². The molecule has 0 heterocycles. The standard InChI is InChI=1S/C14H11NO4/c16-13-5-3-1-2-4-12(13)14(17)10-6-8-11(9-7-10)15(18)19/h1-9,14,17H. The number of aliphatic hydroxyl groups excluding tert-OH is 1. The molecule has 0 aromatic heterocycles. The average molecular weight is 257 g/mol. The van der Waals surface area contributed by atoms with Crippen LogP contribution in [0, 0.1) is 10.1 Å². The third kappa shape index (κ3) is 2.83. The minimum absolute atomic E-state index is 0.0584. The van der Waals surface area contributed by atoms with Gasteiger partial charge in [-0.25, -0.2) is 0 Å². The van der Waals surface area contributed by atoms with Crippen LogP contribution in [0.1, 0.15) is 17.2 Å². The number of rotatable bonds is 3. The normalized spacial score (nSPS) is 11.8. The highest BCUT2D eigenvalue weighted by atomic mass is 16.6. The zero-order valence-corrected chi connectivity index (χ0v) is 9.89. The summed E-state index contributed by atoms with van der Waals surface area (Å²) in [6, 6.07) is 13.3. The fraction of sp³-hybridized carbons (Fsp3) is 0.0714. The molecule has 5 heteroatoms. The molecule has 0 aliphatic rings. The van der Waals surface area contributed by atoms with Crippen molar-refractivity contribution < 1.29 is 10.0 Å². The van der Waals surface area contributed by atoms with Crippen molar-refractivity contribution in [3.05, 3.63) is 86.1 Å². The Hall–Kier alpha value is -2.53. The number of benzene rings is 1. The molecule has 0 saturated heterocycles. The van der Waals surface area contributed by atoms with Gasteiger partial charge in [-0.2, -0.15) is 0 Å². The number of aliphatic hydroxyl groups is 1. The van der Waals surface area contributed by atoms with E-state index in [2.05, 4.69) is 0 Å². The number of hydrogen-bond acceptors (Lipinski definition) is 4. The maximum absolute atomic E-state index is 11.7. The van der Waals surface area contributed by atoms with E-state index in [4.69, 9.17) is 0 Å². The zero-order valence-electron chi connectivity index (χ0n) is 9.89. The summed E-state index contributed by atoms with van der Waals surface area (Å²) >= 11 is 0. The van der Waals surface area contributed by atoms with E-state index < -0.39 is 11.0 Å². The Morgan fingerprint density at radius 2 is 1.63 bits per heavy atom. The van der Waals surface area contributed by atoms with Crippen LogP contribution in [0.4, 0.5) is 5.69 Å². The van der Waals surface area contributed by atoms with Crippen molar-refractivity contribution in [2.24, 2.45) is 0 Å². The highest BCUT2D eigenvalue weighted by Gasteiger charge is 2.14. The summed E-state index contributed by atoms with van der Waals surface area (Å²) in [7, 11) is 0. The third-order valence-corrected chi connectivity index (χ3v) is 2.74. The van der Waals surface area contributed by atoms with Crippen LogP contribution in [-0.4, -0.2) is 10.0 Å². The second-order valence-electron chi connectivity index (χ2n) is 3.98. The van der Waals surface area contributed by atoms with Crippen molar-refractivity contribution in [1.82, 2.24) is 0 Å². The molecule has 19 heavy (non-hydrogen) atoms. The summed E-state index contributed by atoms with van der Waals surface area (Å²) in [5.41, 5.74) is 0.334. The van der Waals surface area contributed by atoms with Gasteiger partial charge >= 0.3 is 0 Å². The molecular weight excluding hydrogens is 246 g/mol. The quantitative estimate of drug-likeness (QED) is 0.674. The summed E-state index contributed by atoms with van der Waals surface area (Å²) in [5.74, 6) is 0. The first-order valence-corrected chi connectivity index (χ1v) is 5.61.